The molecule has 0 heterocycles. The molecule has 0 amide bonds. The number of carbonyl (C=O) groups is 4. The van der Waals surface area contributed by atoms with Crippen molar-refractivity contribution in [2.24, 2.45) is 23.7 Å². The Bertz CT molecular complexity index is 1700. The predicted octanol–water partition coefficient (Wildman–Crippen LogP) is 18.1. The third-order valence-electron chi connectivity index (χ3n) is 15.1. The number of rotatable bonds is 63. The van der Waals surface area contributed by atoms with Gasteiger partial charge in [-0.25, -0.2) is 9.13 Å². The van der Waals surface area contributed by atoms with Crippen LogP contribution >= 0.6 is 15.6 Å². The molecule has 2 unspecified atom stereocenters. The molecule has 0 saturated heterocycles. The van der Waals surface area contributed by atoms with Gasteiger partial charge in [0, 0.05) is 25.7 Å². The monoisotopic (exact) mass is 1250 g/mol. The predicted molar refractivity (Wildman–Crippen MR) is 340 cm³/mol. The third-order valence-corrected chi connectivity index (χ3v) is 17.0. The Kier molecular flexibility index (Phi) is 54.8. The van der Waals surface area contributed by atoms with Gasteiger partial charge in [-0.15, -0.1) is 0 Å². The number of unbranched alkanes of at least 4 members (excludes halogenated alkanes) is 29. The first kappa shape index (κ1) is 83.1. The lowest BCUT2D eigenvalue weighted by Gasteiger charge is -2.21. The summed E-state index contributed by atoms with van der Waals surface area (Å²) in [5.41, 5.74) is 0. The number of phosphoric acid groups is 2. The molecule has 19 heteroatoms. The molecule has 0 rings (SSSR count). The van der Waals surface area contributed by atoms with Gasteiger partial charge in [-0.1, -0.05) is 267 Å². The molecule has 0 aliphatic carbocycles. The highest BCUT2D eigenvalue weighted by molar-refractivity contribution is 7.47. The summed E-state index contributed by atoms with van der Waals surface area (Å²) in [6.07, 6.45) is 36.4. The van der Waals surface area contributed by atoms with Crippen molar-refractivity contribution in [2.75, 3.05) is 39.6 Å². The SMILES string of the molecule is CC(C)CCCCCCCCCCCCC(=O)OC[C@H](COP(=O)(O)OC[C@@H](O)COP(=O)(O)OC[C@@H](COC(=O)CCCCCCCCC(C)C)OC(=O)CCCCCCCCCC(C)C)OC(=O)CCCCCCCCCCCCC(C)C. The molecular formula is C66H128O17P2. The van der Waals surface area contributed by atoms with E-state index in [4.69, 9.17) is 37.0 Å². The van der Waals surface area contributed by atoms with Crippen molar-refractivity contribution in [3.8, 4) is 0 Å². The standard InChI is InChI=1S/C66H128O17P2/c1-56(2)42-34-26-18-13-9-11-15-21-30-38-46-63(68)76-52-61(82-65(70)48-40-32-22-16-12-10-14-19-27-35-43-57(3)4)54-80-84(72,73)78-50-60(67)51-79-85(74,75)81-55-62(53-77-64(69)47-39-31-25-24-29-37-45-59(7)8)83-66(71)49-41-33-23-17-20-28-36-44-58(5)6/h56-62,67H,9-55H2,1-8H3,(H,72,73)(H,74,75)/t60-,61-,62-/m1/s1. The van der Waals surface area contributed by atoms with Gasteiger partial charge in [-0.05, 0) is 49.4 Å². The Morgan fingerprint density at radius 1 is 0.294 bits per heavy atom. The summed E-state index contributed by atoms with van der Waals surface area (Å²) in [5.74, 6) is 0.747. The van der Waals surface area contributed by atoms with Crippen molar-refractivity contribution in [1.82, 2.24) is 0 Å². The third kappa shape index (κ3) is 60.7. The van der Waals surface area contributed by atoms with Crippen LogP contribution in [0.3, 0.4) is 0 Å². The number of aliphatic hydroxyl groups excluding tert-OH is 1. The van der Waals surface area contributed by atoms with E-state index in [9.17, 15) is 43.2 Å². The molecule has 85 heavy (non-hydrogen) atoms. The smallest absolute Gasteiger partial charge is 0.462 e. The van der Waals surface area contributed by atoms with Crippen molar-refractivity contribution in [3.63, 3.8) is 0 Å². The molecule has 0 fully saturated rings. The summed E-state index contributed by atoms with van der Waals surface area (Å²) in [6.45, 7) is 13.9. The van der Waals surface area contributed by atoms with Crippen LogP contribution < -0.4 is 0 Å². The number of ether oxygens (including phenoxy) is 4. The molecule has 504 valence electrons. The van der Waals surface area contributed by atoms with Crippen molar-refractivity contribution < 1.29 is 80.2 Å². The minimum Gasteiger partial charge on any atom is -0.462 e. The van der Waals surface area contributed by atoms with E-state index in [1.165, 1.54) is 116 Å². The average Bonchev–Trinajstić information content (AvgIpc) is 3.54. The summed E-state index contributed by atoms with van der Waals surface area (Å²) < 4.78 is 68.1. The number of esters is 4. The van der Waals surface area contributed by atoms with Gasteiger partial charge in [-0.2, -0.15) is 0 Å². The minimum absolute atomic E-state index is 0.102. The first-order chi connectivity index (χ1) is 40.6. The van der Waals surface area contributed by atoms with Crippen molar-refractivity contribution in [3.05, 3.63) is 0 Å². The van der Waals surface area contributed by atoms with E-state index in [0.29, 0.717) is 37.5 Å². The molecule has 0 aromatic heterocycles. The van der Waals surface area contributed by atoms with Crippen molar-refractivity contribution in [1.29, 1.82) is 0 Å². The highest BCUT2D eigenvalue weighted by atomic mass is 31.2. The minimum atomic E-state index is -4.95. The Balaban J connectivity index is 5.25. The van der Waals surface area contributed by atoms with Gasteiger partial charge in [0.05, 0.1) is 26.4 Å². The van der Waals surface area contributed by atoms with Crippen LogP contribution in [0.15, 0.2) is 0 Å². The number of hydrogen-bond donors (Lipinski definition) is 3. The van der Waals surface area contributed by atoms with Gasteiger partial charge in [0.2, 0.25) is 0 Å². The second-order valence-corrected chi connectivity index (χ2v) is 28.7. The number of carbonyl (C=O) groups excluding carboxylic acids is 4. The Morgan fingerprint density at radius 2 is 0.494 bits per heavy atom. The zero-order valence-corrected chi connectivity index (χ0v) is 57.0. The maximum absolute atomic E-state index is 13.0. The van der Waals surface area contributed by atoms with Crippen LogP contribution in [0.1, 0.15) is 319 Å². The summed E-state index contributed by atoms with van der Waals surface area (Å²) >= 11 is 0. The molecule has 0 spiro atoms. The lowest BCUT2D eigenvalue weighted by atomic mass is 10.0. The Morgan fingerprint density at radius 3 is 0.729 bits per heavy atom. The van der Waals surface area contributed by atoms with Gasteiger partial charge >= 0.3 is 39.5 Å². The van der Waals surface area contributed by atoms with E-state index < -0.39 is 97.5 Å². The molecule has 0 radical (unpaired) electrons. The largest absolute Gasteiger partial charge is 0.472 e. The fourth-order valence-corrected chi connectivity index (χ4v) is 11.4. The molecule has 0 saturated carbocycles. The molecule has 3 N–H and O–H groups in total. The van der Waals surface area contributed by atoms with Crippen molar-refractivity contribution >= 4 is 39.5 Å². The van der Waals surface area contributed by atoms with Crippen LogP contribution in [0.5, 0.6) is 0 Å². The second-order valence-electron chi connectivity index (χ2n) is 25.8. The van der Waals surface area contributed by atoms with Crippen LogP contribution in [0.4, 0.5) is 0 Å². The molecule has 0 aromatic rings. The lowest BCUT2D eigenvalue weighted by molar-refractivity contribution is -0.161. The quantitative estimate of drug-likeness (QED) is 0.0222. The van der Waals surface area contributed by atoms with E-state index in [1.54, 1.807) is 0 Å². The van der Waals surface area contributed by atoms with Gasteiger partial charge in [0.15, 0.2) is 12.2 Å². The molecule has 5 atom stereocenters. The van der Waals surface area contributed by atoms with Gasteiger partial charge < -0.3 is 33.8 Å². The molecular weight excluding hydrogens is 1130 g/mol. The molecule has 17 nitrogen and oxygen atoms in total. The van der Waals surface area contributed by atoms with Crippen LogP contribution in [-0.4, -0.2) is 96.7 Å². The number of phosphoric ester groups is 2. The van der Waals surface area contributed by atoms with Gasteiger partial charge in [0.25, 0.3) is 0 Å². The van der Waals surface area contributed by atoms with E-state index in [1.807, 2.05) is 0 Å². The van der Waals surface area contributed by atoms with Crippen LogP contribution in [0, 0.1) is 23.7 Å². The normalized spacial score (nSPS) is 14.4. The number of hydrogen-bond acceptors (Lipinski definition) is 15. The summed E-state index contributed by atoms with van der Waals surface area (Å²) in [4.78, 5) is 72.3. The fraction of sp³-hybridized carbons (Fsp3) is 0.939. The van der Waals surface area contributed by atoms with Gasteiger partial charge in [0.1, 0.15) is 19.3 Å². The van der Waals surface area contributed by atoms with E-state index in [2.05, 4.69) is 55.4 Å². The lowest BCUT2D eigenvalue weighted by Crippen LogP contribution is -2.30. The van der Waals surface area contributed by atoms with E-state index in [-0.39, 0.29) is 25.7 Å². The molecule has 0 aliphatic rings. The zero-order chi connectivity index (χ0) is 63.2. The Hall–Kier alpha value is -1.94. The summed E-state index contributed by atoms with van der Waals surface area (Å²) in [5, 5.41) is 10.5. The molecule has 0 aliphatic heterocycles. The Labute approximate surface area is 517 Å². The maximum Gasteiger partial charge on any atom is 0.472 e. The first-order valence-corrected chi connectivity index (χ1v) is 37.2. The first-order valence-electron chi connectivity index (χ1n) is 34.2. The van der Waals surface area contributed by atoms with Gasteiger partial charge in [-0.3, -0.25) is 37.3 Å². The zero-order valence-electron chi connectivity index (χ0n) is 55.2. The average molecular weight is 1260 g/mol. The summed E-state index contributed by atoms with van der Waals surface area (Å²) in [7, 11) is -9.89. The number of aliphatic hydroxyl groups is 1. The second kappa shape index (κ2) is 56.1. The van der Waals surface area contributed by atoms with Crippen LogP contribution in [0.25, 0.3) is 0 Å². The summed E-state index contributed by atoms with van der Waals surface area (Å²) in [6, 6.07) is 0. The fourth-order valence-electron chi connectivity index (χ4n) is 9.78. The van der Waals surface area contributed by atoms with Crippen LogP contribution in [0.2, 0.25) is 0 Å². The topological polar surface area (TPSA) is 237 Å². The highest BCUT2D eigenvalue weighted by Crippen LogP contribution is 2.45. The highest BCUT2D eigenvalue weighted by Gasteiger charge is 2.30. The maximum atomic E-state index is 13.0. The molecule has 0 aromatic carbocycles. The van der Waals surface area contributed by atoms with E-state index >= 15 is 0 Å². The molecule has 0 bridgehead atoms. The van der Waals surface area contributed by atoms with Crippen LogP contribution in [-0.2, 0) is 65.4 Å². The van der Waals surface area contributed by atoms with Crippen molar-refractivity contribution in [2.45, 2.75) is 337 Å². The van der Waals surface area contributed by atoms with E-state index in [0.717, 1.165) is 108 Å².